The van der Waals surface area contributed by atoms with E-state index in [4.69, 9.17) is 5.14 Å². The molecule has 0 saturated heterocycles. The fourth-order valence-electron chi connectivity index (χ4n) is 2.63. The van der Waals surface area contributed by atoms with Crippen molar-refractivity contribution in [3.05, 3.63) is 18.5 Å². The van der Waals surface area contributed by atoms with Crippen LogP contribution in [-0.2, 0) is 20.0 Å². The van der Waals surface area contributed by atoms with Gasteiger partial charge in [-0.25, -0.2) is 26.7 Å². The van der Waals surface area contributed by atoms with Gasteiger partial charge in [-0.1, -0.05) is 6.42 Å². The highest BCUT2D eigenvalue weighted by molar-refractivity contribution is 7.91. The minimum Gasteiger partial charge on any atom is -0.382 e. The predicted molar refractivity (Wildman–Crippen MR) is 92.5 cm³/mol. The molecule has 0 aromatic carbocycles. The van der Waals surface area contributed by atoms with Crippen LogP contribution in [-0.4, -0.2) is 38.7 Å². The molecule has 0 atom stereocenters. The SMILES string of the molecule is CC(C)(C)NS(=O)(=O)C1(CNc2ccncc2S(N)(=O)=O)CCC1. The fourth-order valence-corrected chi connectivity index (χ4v) is 5.40. The predicted octanol–water partition coefficient (Wildman–Crippen LogP) is 0.782. The van der Waals surface area contributed by atoms with E-state index in [2.05, 4.69) is 15.0 Å². The summed E-state index contributed by atoms with van der Waals surface area (Å²) >= 11 is 0. The smallest absolute Gasteiger partial charge is 0.241 e. The lowest BCUT2D eigenvalue weighted by Crippen LogP contribution is -2.58. The summed E-state index contributed by atoms with van der Waals surface area (Å²) < 4.78 is 50.5. The summed E-state index contributed by atoms with van der Waals surface area (Å²) in [6, 6.07) is 1.47. The minimum atomic E-state index is -3.94. The van der Waals surface area contributed by atoms with Gasteiger partial charge in [-0.05, 0) is 39.7 Å². The molecule has 1 aliphatic rings. The summed E-state index contributed by atoms with van der Waals surface area (Å²) in [4.78, 5) is 3.61. The van der Waals surface area contributed by atoms with Crippen LogP contribution in [0.3, 0.4) is 0 Å². The van der Waals surface area contributed by atoms with Crippen LogP contribution in [0.4, 0.5) is 5.69 Å². The first-order valence-electron chi connectivity index (χ1n) is 7.61. The highest BCUT2D eigenvalue weighted by Gasteiger charge is 2.49. The summed E-state index contributed by atoms with van der Waals surface area (Å²) in [6.07, 6.45) is 4.41. The number of rotatable bonds is 6. The molecule has 1 saturated carbocycles. The lowest BCUT2D eigenvalue weighted by molar-refractivity contribution is 0.339. The van der Waals surface area contributed by atoms with E-state index in [0.717, 1.165) is 12.6 Å². The first-order valence-corrected chi connectivity index (χ1v) is 10.6. The van der Waals surface area contributed by atoms with Crippen LogP contribution in [0.5, 0.6) is 0 Å². The number of aromatic nitrogens is 1. The number of sulfonamides is 2. The van der Waals surface area contributed by atoms with Crippen LogP contribution < -0.4 is 15.2 Å². The second-order valence-electron chi connectivity index (χ2n) is 7.16. The third-order valence-electron chi connectivity index (χ3n) is 3.97. The van der Waals surface area contributed by atoms with Crippen molar-refractivity contribution in [3.8, 4) is 0 Å². The number of anilines is 1. The average Bonchev–Trinajstić information content (AvgIpc) is 2.33. The summed E-state index contributed by atoms with van der Waals surface area (Å²) in [6.45, 7) is 5.45. The highest BCUT2D eigenvalue weighted by atomic mass is 32.2. The maximum Gasteiger partial charge on any atom is 0.241 e. The fraction of sp³-hybridized carbons (Fsp3) is 0.643. The Morgan fingerprint density at radius 3 is 2.33 bits per heavy atom. The number of nitrogens with two attached hydrogens (primary N) is 1. The Balaban J connectivity index is 2.25. The Morgan fingerprint density at radius 1 is 1.25 bits per heavy atom. The molecule has 24 heavy (non-hydrogen) atoms. The van der Waals surface area contributed by atoms with Gasteiger partial charge in [0.1, 0.15) is 9.64 Å². The molecule has 10 heteroatoms. The van der Waals surface area contributed by atoms with Crippen molar-refractivity contribution in [1.82, 2.24) is 9.71 Å². The average molecular weight is 377 g/mol. The number of hydrogen-bond acceptors (Lipinski definition) is 6. The largest absolute Gasteiger partial charge is 0.382 e. The molecular weight excluding hydrogens is 352 g/mol. The lowest BCUT2D eigenvalue weighted by Gasteiger charge is -2.42. The summed E-state index contributed by atoms with van der Waals surface area (Å²) in [5.74, 6) is 0. The molecule has 0 aliphatic heterocycles. The van der Waals surface area contributed by atoms with Crippen molar-refractivity contribution < 1.29 is 16.8 Å². The molecule has 1 heterocycles. The molecule has 0 bridgehead atoms. The molecule has 1 aliphatic carbocycles. The summed E-state index contributed by atoms with van der Waals surface area (Å²) in [5.41, 5.74) is -0.325. The number of primary sulfonamides is 1. The van der Waals surface area contributed by atoms with Gasteiger partial charge in [-0.2, -0.15) is 0 Å². The van der Waals surface area contributed by atoms with Crippen LogP contribution >= 0.6 is 0 Å². The Labute approximate surface area is 143 Å². The van der Waals surface area contributed by atoms with Gasteiger partial charge in [-0.3, -0.25) is 4.98 Å². The molecule has 136 valence electrons. The van der Waals surface area contributed by atoms with E-state index in [-0.39, 0.29) is 17.1 Å². The highest BCUT2D eigenvalue weighted by Crippen LogP contribution is 2.40. The van der Waals surface area contributed by atoms with Gasteiger partial charge in [0, 0.05) is 24.5 Å². The zero-order chi connectivity index (χ0) is 18.2. The second kappa shape index (κ2) is 6.25. The van der Waals surface area contributed by atoms with E-state index in [0.29, 0.717) is 12.8 Å². The Bertz CT molecular complexity index is 809. The minimum absolute atomic E-state index is 0.102. The lowest BCUT2D eigenvalue weighted by atomic mass is 9.84. The van der Waals surface area contributed by atoms with Gasteiger partial charge < -0.3 is 5.32 Å². The maximum atomic E-state index is 12.7. The van der Waals surface area contributed by atoms with Crippen molar-refractivity contribution in [2.75, 3.05) is 11.9 Å². The van der Waals surface area contributed by atoms with Gasteiger partial charge in [0.2, 0.25) is 20.0 Å². The van der Waals surface area contributed by atoms with Gasteiger partial charge >= 0.3 is 0 Å². The standard InChI is InChI=1S/C14H24N4O4S2/c1-13(2,3)18-24(21,22)14(6-4-7-14)10-17-11-5-8-16-9-12(11)23(15,19)20/h5,8-9,18H,4,6-7,10H2,1-3H3,(H,16,17)(H2,15,19,20). The van der Waals surface area contributed by atoms with Crippen molar-refractivity contribution in [2.24, 2.45) is 5.14 Å². The summed E-state index contributed by atoms with van der Waals surface area (Å²) in [7, 11) is -7.51. The number of nitrogens with zero attached hydrogens (tertiary/aromatic N) is 1. The molecule has 8 nitrogen and oxygen atoms in total. The molecule has 0 spiro atoms. The third-order valence-corrected chi connectivity index (χ3v) is 7.48. The molecule has 0 radical (unpaired) electrons. The van der Waals surface area contributed by atoms with E-state index in [1.54, 1.807) is 20.8 Å². The van der Waals surface area contributed by atoms with Crippen LogP contribution in [0.15, 0.2) is 23.4 Å². The third kappa shape index (κ3) is 4.05. The number of hydrogen-bond donors (Lipinski definition) is 3. The number of pyridine rings is 1. The molecular formula is C14H24N4O4S2. The van der Waals surface area contributed by atoms with Crippen molar-refractivity contribution in [1.29, 1.82) is 0 Å². The zero-order valence-corrected chi connectivity index (χ0v) is 15.7. The first kappa shape index (κ1) is 19.1. The van der Waals surface area contributed by atoms with Gasteiger partial charge in [0.15, 0.2) is 0 Å². The van der Waals surface area contributed by atoms with E-state index < -0.39 is 30.3 Å². The summed E-state index contributed by atoms with van der Waals surface area (Å²) in [5, 5.41) is 8.11. The monoisotopic (exact) mass is 376 g/mol. The van der Waals surface area contributed by atoms with Crippen molar-refractivity contribution in [3.63, 3.8) is 0 Å². The van der Waals surface area contributed by atoms with Crippen molar-refractivity contribution in [2.45, 2.75) is 55.2 Å². The molecule has 2 rings (SSSR count). The van der Waals surface area contributed by atoms with Gasteiger partial charge in [0.05, 0.1) is 5.69 Å². The molecule has 1 aromatic rings. The zero-order valence-electron chi connectivity index (χ0n) is 14.0. The normalized spacial score (nSPS) is 18.0. The molecule has 0 unspecified atom stereocenters. The Hall–Kier alpha value is -1.23. The molecule has 1 fully saturated rings. The molecule has 4 N–H and O–H groups in total. The molecule has 0 amide bonds. The van der Waals surface area contributed by atoms with E-state index in [1.807, 2.05) is 0 Å². The topological polar surface area (TPSA) is 131 Å². The Kier molecular flexibility index (Phi) is 4.97. The van der Waals surface area contributed by atoms with Crippen molar-refractivity contribution >= 4 is 25.7 Å². The van der Waals surface area contributed by atoms with Crippen LogP contribution in [0.2, 0.25) is 0 Å². The van der Waals surface area contributed by atoms with Crippen LogP contribution in [0.1, 0.15) is 40.0 Å². The first-order chi connectivity index (χ1) is 10.9. The van der Waals surface area contributed by atoms with Crippen LogP contribution in [0, 0.1) is 0 Å². The number of nitrogens with one attached hydrogen (secondary N) is 2. The molecule has 1 aromatic heterocycles. The quantitative estimate of drug-likeness (QED) is 0.672. The Morgan fingerprint density at radius 2 is 1.88 bits per heavy atom. The maximum absolute atomic E-state index is 12.7. The second-order valence-corrected chi connectivity index (χ2v) is 10.8. The van der Waals surface area contributed by atoms with E-state index in [1.165, 1.54) is 12.3 Å². The van der Waals surface area contributed by atoms with Gasteiger partial charge in [0.25, 0.3) is 0 Å². The van der Waals surface area contributed by atoms with Crippen LogP contribution in [0.25, 0.3) is 0 Å². The van der Waals surface area contributed by atoms with E-state index >= 15 is 0 Å². The van der Waals surface area contributed by atoms with E-state index in [9.17, 15) is 16.8 Å². The van der Waals surface area contributed by atoms with Gasteiger partial charge in [-0.15, -0.1) is 0 Å².